The molecule has 0 aliphatic heterocycles. The van der Waals surface area contributed by atoms with E-state index < -0.39 is 8.07 Å². The molecule has 0 bridgehead atoms. The van der Waals surface area contributed by atoms with Gasteiger partial charge in [-0.3, -0.25) is 0 Å². The van der Waals surface area contributed by atoms with Gasteiger partial charge in [0.1, 0.15) is 17.6 Å². The fraction of sp³-hybridized carbons (Fsp3) is 0.286. The number of allylic oxidation sites excluding steroid dienone is 2. The van der Waals surface area contributed by atoms with Gasteiger partial charge in [0.15, 0.2) is 0 Å². The molecule has 0 atom stereocenters. The summed E-state index contributed by atoms with van der Waals surface area (Å²) in [5.74, 6) is 4.49. The van der Waals surface area contributed by atoms with Crippen LogP contribution in [0.15, 0.2) is 29.5 Å². The van der Waals surface area contributed by atoms with Gasteiger partial charge in [0.2, 0.25) is 0 Å². The number of rotatable bonds is 4. The summed E-state index contributed by atoms with van der Waals surface area (Å²) in [5, 5.41) is 0.461. The van der Waals surface area contributed by atoms with E-state index in [0.717, 1.165) is 0 Å². The minimum absolute atomic E-state index is 0.312. The van der Waals surface area contributed by atoms with Gasteiger partial charge in [-0.25, -0.2) is 9.59 Å². The van der Waals surface area contributed by atoms with Gasteiger partial charge >= 0.3 is 0 Å². The normalized spacial score (nSPS) is 10.2. The van der Waals surface area contributed by atoms with Crippen molar-refractivity contribution in [2.24, 2.45) is 0 Å². The summed E-state index contributed by atoms with van der Waals surface area (Å²) >= 11 is 0. The topological polar surface area (TPSA) is 43.4 Å². The van der Waals surface area contributed by atoms with Crippen LogP contribution in [0.4, 0.5) is 0 Å². The molecular weight excluding hydrogens is 244 g/mol. The van der Waals surface area contributed by atoms with Crippen LogP contribution in [-0.4, -0.2) is 27.1 Å². The quantitative estimate of drug-likeness (QED) is 0.475. The largest absolute Gasteiger partial charge is 0.497 e. The zero-order chi connectivity index (χ0) is 13.8. The second-order valence-corrected chi connectivity index (χ2v) is 9.93. The monoisotopic (exact) mass is 260 g/mol. The van der Waals surface area contributed by atoms with E-state index in [4.69, 9.17) is 4.74 Å². The van der Waals surface area contributed by atoms with Crippen molar-refractivity contribution in [1.29, 1.82) is 0 Å². The Kier molecular flexibility index (Phi) is 4.46. The van der Waals surface area contributed by atoms with Crippen LogP contribution in [0.5, 0.6) is 5.75 Å². The molecule has 0 fully saturated rings. The minimum Gasteiger partial charge on any atom is -0.497 e. The summed E-state index contributed by atoms with van der Waals surface area (Å²) in [6, 6.07) is 6.99. The minimum atomic E-state index is -1.91. The Morgan fingerprint density at radius 2 is 1.61 bits per heavy atom. The molecule has 1 aromatic rings. The van der Waals surface area contributed by atoms with Gasteiger partial charge in [0.25, 0.3) is 0 Å². The summed E-state index contributed by atoms with van der Waals surface area (Å²) < 4.78 is 5.05. The van der Waals surface area contributed by atoms with Crippen molar-refractivity contribution in [1.82, 2.24) is 0 Å². The molecule has 94 valence electrons. The first-order valence-electron chi connectivity index (χ1n) is 5.59. The highest BCUT2D eigenvalue weighted by molar-refractivity contribution is 6.87. The zero-order valence-electron chi connectivity index (χ0n) is 11.0. The molecule has 0 aromatic heterocycles. The van der Waals surface area contributed by atoms with Crippen LogP contribution in [-0.2, 0) is 9.59 Å². The molecule has 0 aliphatic carbocycles. The Balaban J connectivity index is 3.27. The van der Waals surface area contributed by atoms with Gasteiger partial charge in [-0.2, -0.15) is 0 Å². The fourth-order valence-corrected chi connectivity index (χ4v) is 2.84. The van der Waals surface area contributed by atoms with Crippen LogP contribution in [0.3, 0.4) is 0 Å². The Labute approximate surface area is 108 Å². The molecule has 0 heterocycles. The van der Waals surface area contributed by atoms with Gasteiger partial charge in [-0.1, -0.05) is 19.6 Å². The molecule has 0 unspecified atom stereocenters. The first kappa shape index (κ1) is 14.2. The number of carbonyl (C=O) groups excluding carboxylic acids is 2. The SMILES string of the molecule is COc1ccc(C(=C=O)C(=C=O)[Si](C)(C)C)cc1. The van der Waals surface area contributed by atoms with E-state index in [2.05, 4.69) is 0 Å². The lowest BCUT2D eigenvalue weighted by Crippen LogP contribution is -2.25. The van der Waals surface area contributed by atoms with Gasteiger partial charge in [0, 0.05) is 5.20 Å². The molecule has 18 heavy (non-hydrogen) atoms. The van der Waals surface area contributed by atoms with Crippen LogP contribution < -0.4 is 4.74 Å². The van der Waals surface area contributed by atoms with Gasteiger partial charge in [-0.05, 0) is 29.8 Å². The summed E-state index contributed by atoms with van der Waals surface area (Å²) in [5.41, 5.74) is 0.985. The third-order valence-corrected chi connectivity index (χ3v) is 4.43. The van der Waals surface area contributed by atoms with Crippen molar-refractivity contribution in [2.75, 3.05) is 7.11 Å². The maximum absolute atomic E-state index is 11.1. The van der Waals surface area contributed by atoms with Crippen LogP contribution in [0.1, 0.15) is 5.56 Å². The molecule has 0 spiro atoms. The second-order valence-electron chi connectivity index (χ2n) is 4.93. The Bertz CT molecular complexity index is 525. The third kappa shape index (κ3) is 3.08. The van der Waals surface area contributed by atoms with E-state index in [1.807, 2.05) is 31.5 Å². The highest BCUT2D eigenvalue weighted by Crippen LogP contribution is 2.27. The molecule has 0 radical (unpaired) electrons. The van der Waals surface area contributed by atoms with Gasteiger partial charge in [0.05, 0.1) is 20.8 Å². The third-order valence-electron chi connectivity index (χ3n) is 2.58. The maximum Gasteiger partial charge on any atom is 0.133 e. The first-order valence-corrected chi connectivity index (χ1v) is 9.09. The second kappa shape index (κ2) is 5.65. The van der Waals surface area contributed by atoms with Gasteiger partial charge in [-0.15, -0.1) is 0 Å². The smallest absolute Gasteiger partial charge is 0.133 e. The molecule has 0 saturated heterocycles. The fourth-order valence-electron chi connectivity index (χ4n) is 1.59. The molecule has 4 heteroatoms. The van der Waals surface area contributed by atoms with E-state index >= 15 is 0 Å². The van der Waals surface area contributed by atoms with E-state index in [0.29, 0.717) is 22.1 Å². The standard InChI is InChI=1S/C14H16O3Si/c1-17-12-7-5-11(6-8-12)13(9-15)14(10-16)18(2,3)4/h5-8H,1-4H3. The Hall–Kier alpha value is -1.86. The van der Waals surface area contributed by atoms with Crippen molar-refractivity contribution in [2.45, 2.75) is 19.6 Å². The summed E-state index contributed by atoms with van der Waals surface area (Å²) in [6.07, 6.45) is 0. The molecular formula is C14H16O3Si. The molecule has 0 saturated carbocycles. The van der Waals surface area contributed by atoms with Crippen LogP contribution in [0, 0.1) is 0 Å². The molecule has 1 rings (SSSR count). The molecule has 1 aromatic carbocycles. The molecule has 3 nitrogen and oxygen atoms in total. The predicted molar refractivity (Wildman–Crippen MR) is 74.6 cm³/mol. The molecule has 0 amide bonds. The van der Waals surface area contributed by atoms with Gasteiger partial charge < -0.3 is 4.74 Å². The molecule has 0 aliphatic rings. The number of benzene rings is 1. The lowest BCUT2D eigenvalue weighted by molar-refractivity contribution is 0.415. The van der Waals surface area contributed by atoms with E-state index in [-0.39, 0.29) is 0 Å². The predicted octanol–water partition coefficient (Wildman–Crippen LogP) is 2.55. The number of hydrogen-bond acceptors (Lipinski definition) is 3. The lowest BCUT2D eigenvalue weighted by Gasteiger charge is -2.17. The Morgan fingerprint density at radius 1 is 1.06 bits per heavy atom. The zero-order valence-corrected chi connectivity index (χ0v) is 12.0. The average Bonchev–Trinajstić information content (AvgIpc) is 2.34. The number of ether oxygens (including phenoxy) is 1. The summed E-state index contributed by atoms with van der Waals surface area (Å²) in [7, 11) is -0.339. The highest BCUT2D eigenvalue weighted by atomic mass is 28.3. The maximum atomic E-state index is 11.1. The van der Waals surface area contributed by atoms with Crippen molar-refractivity contribution in [3.63, 3.8) is 0 Å². The van der Waals surface area contributed by atoms with E-state index in [9.17, 15) is 9.59 Å². The van der Waals surface area contributed by atoms with Crippen molar-refractivity contribution < 1.29 is 14.3 Å². The number of methoxy groups -OCH3 is 1. The average molecular weight is 260 g/mol. The van der Waals surface area contributed by atoms with E-state index in [1.54, 1.807) is 31.4 Å². The van der Waals surface area contributed by atoms with E-state index in [1.165, 1.54) is 0 Å². The van der Waals surface area contributed by atoms with Crippen molar-refractivity contribution in [3.05, 3.63) is 35.0 Å². The summed E-state index contributed by atoms with van der Waals surface area (Å²) in [4.78, 5) is 22.2. The van der Waals surface area contributed by atoms with Crippen molar-refractivity contribution >= 4 is 25.5 Å². The van der Waals surface area contributed by atoms with Crippen LogP contribution >= 0.6 is 0 Å². The lowest BCUT2D eigenvalue weighted by atomic mass is 10.1. The van der Waals surface area contributed by atoms with Crippen LogP contribution in [0.25, 0.3) is 5.57 Å². The number of hydrogen-bond donors (Lipinski definition) is 0. The Morgan fingerprint density at radius 3 is 1.94 bits per heavy atom. The van der Waals surface area contributed by atoms with Crippen molar-refractivity contribution in [3.8, 4) is 5.75 Å². The first-order chi connectivity index (χ1) is 8.43. The molecule has 0 N–H and O–H groups in total. The highest BCUT2D eigenvalue weighted by Gasteiger charge is 2.26. The van der Waals surface area contributed by atoms with Crippen LogP contribution in [0.2, 0.25) is 19.6 Å². The summed E-state index contributed by atoms with van der Waals surface area (Å²) in [6.45, 7) is 5.98.